The quantitative estimate of drug-likeness (QED) is 0.219. The number of hydrogen-bond acceptors (Lipinski definition) is 8. The Morgan fingerprint density at radius 1 is 0.944 bits per heavy atom. The molecule has 12 nitrogen and oxygen atoms in total. The zero-order chi connectivity index (χ0) is 38.1. The van der Waals surface area contributed by atoms with Crippen molar-refractivity contribution in [2.75, 3.05) is 45.7 Å². The molecule has 2 aromatic heterocycles. The molecule has 0 radical (unpaired) electrons. The van der Waals surface area contributed by atoms with Crippen molar-refractivity contribution in [1.29, 1.82) is 0 Å². The minimum absolute atomic E-state index is 0.0942. The van der Waals surface area contributed by atoms with Gasteiger partial charge in [-0.3, -0.25) is 24.3 Å². The number of carbonyl (C=O) groups is 3. The Hall–Kier alpha value is -4.49. The average molecular weight is 774 g/mol. The van der Waals surface area contributed by atoms with Crippen molar-refractivity contribution in [3.8, 4) is 28.1 Å². The summed E-state index contributed by atoms with van der Waals surface area (Å²) in [5.74, 6) is 0.817. The predicted molar refractivity (Wildman–Crippen MR) is 210 cm³/mol. The van der Waals surface area contributed by atoms with Crippen molar-refractivity contribution < 1.29 is 19.1 Å². The molecule has 5 heterocycles. The van der Waals surface area contributed by atoms with Crippen LogP contribution in [-0.2, 0) is 36.1 Å². The molecule has 0 aliphatic carbocycles. The van der Waals surface area contributed by atoms with Crippen LogP contribution in [0.15, 0.2) is 48.7 Å². The molecule has 7 rings (SSSR count). The lowest BCUT2D eigenvalue weighted by Crippen LogP contribution is -2.46. The van der Waals surface area contributed by atoms with Crippen LogP contribution in [0.3, 0.4) is 0 Å². The molecule has 54 heavy (non-hydrogen) atoms. The molecule has 0 spiro atoms. The number of pyridine rings is 1. The van der Waals surface area contributed by atoms with Crippen molar-refractivity contribution in [1.82, 2.24) is 34.6 Å². The third-order valence-corrected chi connectivity index (χ3v) is 11.9. The number of ether oxygens (including phenoxy) is 1. The maximum atomic E-state index is 13.7. The molecule has 3 amide bonds. The van der Waals surface area contributed by atoms with E-state index in [1.165, 1.54) is 0 Å². The first-order valence-corrected chi connectivity index (χ1v) is 19.2. The van der Waals surface area contributed by atoms with Crippen molar-refractivity contribution in [2.24, 2.45) is 7.05 Å². The van der Waals surface area contributed by atoms with Gasteiger partial charge in [0.2, 0.25) is 11.8 Å². The van der Waals surface area contributed by atoms with Gasteiger partial charge in [-0.1, -0.05) is 47.5 Å². The topological polar surface area (TPSA) is 125 Å². The molecule has 0 unspecified atom stereocenters. The van der Waals surface area contributed by atoms with E-state index in [2.05, 4.69) is 20.5 Å². The lowest BCUT2D eigenvalue weighted by Gasteiger charge is -2.32. The van der Waals surface area contributed by atoms with E-state index in [1.54, 1.807) is 32.4 Å². The van der Waals surface area contributed by atoms with Gasteiger partial charge in [0.1, 0.15) is 5.75 Å². The number of rotatable bonds is 9. The zero-order valence-corrected chi connectivity index (χ0v) is 32.6. The molecule has 4 aromatic rings. The van der Waals surface area contributed by atoms with Gasteiger partial charge in [0.25, 0.3) is 5.91 Å². The molecule has 3 aliphatic rings. The van der Waals surface area contributed by atoms with E-state index in [4.69, 9.17) is 32.9 Å². The van der Waals surface area contributed by atoms with Crippen LogP contribution in [0.4, 0.5) is 5.69 Å². The van der Waals surface area contributed by atoms with Gasteiger partial charge < -0.3 is 29.7 Å². The van der Waals surface area contributed by atoms with Gasteiger partial charge in [0, 0.05) is 86.8 Å². The maximum absolute atomic E-state index is 13.7. The Labute approximate surface area is 325 Å². The number of anilines is 1. The molecule has 2 aromatic carbocycles. The Balaban J connectivity index is 1.06. The van der Waals surface area contributed by atoms with Crippen molar-refractivity contribution in [3.05, 3.63) is 81.5 Å². The van der Waals surface area contributed by atoms with E-state index >= 15 is 0 Å². The van der Waals surface area contributed by atoms with Crippen molar-refractivity contribution >= 4 is 46.6 Å². The number of benzene rings is 2. The summed E-state index contributed by atoms with van der Waals surface area (Å²) < 4.78 is 7.60. The van der Waals surface area contributed by atoms with Crippen LogP contribution < -0.4 is 15.4 Å². The molecule has 2 fully saturated rings. The Morgan fingerprint density at radius 3 is 2.44 bits per heavy atom. The number of imidazole rings is 1. The SMILES string of the molecule is COc1cc(-c2nccc(-c3cccc(NC(=O)c4nc5c(n4C)CCN(C(=O)[C@H]4CCCN4C)C5)c3Cl)c2Cl)ccc1CNC1CCN(C(C)=O)CC1. The van der Waals surface area contributed by atoms with Crippen LogP contribution in [0.2, 0.25) is 10.0 Å². The van der Waals surface area contributed by atoms with Crippen LogP contribution in [0.1, 0.15) is 60.2 Å². The summed E-state index contributed by atoms with van der Waals surface area (Å²) >= 11 is 14.1. The van der Waals surface area contributed by atoms with Gasteiger partial charge in [0.05, 0.1) is 46.8 Å². The molecule has 2 N–H and O–H groups in total. The number of halogens is 2. The van der Waals surface area contributed by atoms with Gasteiger partial charge in [-0.15, -0.1) is 0 Å². The number of hydrogen-bond donors (Lipinski definition) is 2. The third-order valence-electron chi connectivity index (χ3n) is 11.1. The second-order valence-corrected chi connectivity index (χ2v) is 15.1. The molecule has 0 bridgehead atoms. The first-order valence-electron chi connectivity index (χ1n) is 18.5. The summed E-state index contributed by atoms with van der Waals surface area (Å²) in [6.45, 7) is 5.67. The lowest BCUT2D eigenvalue weighted by atomic mass is 10.0. The summed E-state index contributed by atoms with van der Waals surface area (Å²) in [5.41, 5.74) is 5.77. The fourth-order valence-electron chi connectivity index (χ4n) is 7.91. The molecular weight excluding hydrogens is 727 g/mol. The van der Waals surface area contributed by atoms with Crippen molar-refractivity contribution in [3.63, 3.8) is 0 Å². The highest BCUT2D eigenvalue weighted by Crippen LogP contribution is 2.41. The summed E-state index contributed by atoms with van der Waals surface area (Å²) in [6.07, 6.45) is 6.01. The van der Waals surface area contributed by atoms with Crippen LogP contribution >= 0.6 is 23.2 Å². The number of fused-ring (bicyclic) bond motifs is 1. The predicted octanol–water partition coefficient (Wildman–Crippen LogP) is 5.80. The highest BCUT2D eigenvalue weighted by Gasteiger charge is 2.35. The smallest absolute Gasteiger partial charge is 0.291 e. The number of aromatic nitrogens is 3. The number of nitrogens with one attached hydrogen (secondary N) is 2. The fourth-order valence-corrected chi connectivity index (χ4v) is 8.51. The second-order valence-electron chi connectivity index (χ2n) is 14.4. The molecular formula is C40H46Cl2N8O4. The number of likely N-dealkylation sites (N-methyl/N-ethyl adjacent to an activating group) is 1. The van der Waals surface area contributed by atoms with E-state index < -0.39 is 5.91 Å². The van der Waals surface area contributed by atoms with E-state index in [0.717, 1.165) is 67.8 Å². The first-order chi connectivity index (χ1) is 26.0. The van der Waals surface area contributed by atoms with E-state index in [0.29, 0.717) is 70.4 Å². The average Bonchev–Trinajstić information content (AvgIpc) is 3.76. The minimum atomic E-state index is -0.399. The summed E-state index contributed by atoms with van der Waals surface area (Å²) in [5, 5.41) is 7.31. The fraction of sp³-hybridized carbons (Fsp3) is 0.425. The molecule has 1 atom stereocenters. The number of carbonyl (C=O) groups excluding carboxylic acids is 3. The number of piperidine rings is 1. The largest absolute Gasteiger partial charge is 0.496 e. The molecule has 0 saturated carbocycles. The van der Waals surface area contributed by atoms with Crippen LogP contribution in [-0.4, -0.2) is 99.4 Å². The van der Waals surface area contributed by atoms with E-state index in [1.807, 2.05) is 58.8 Å². The highest BCUT2D eigenvalue weighted by atomic mass is 35.5. The minimum Gasteiger partial charge on any atom is -0.496 e. The van der Waals surface area contributed by atoms with Gasteiger partial charge >= 0.3 is 0 Å². The summed E-state index contributed by atoms with van der Waals surface area (Å²) in [7, 11) is 5.47. The van der Waals surface area contributed by atoms with Gasteiger partial charge in [-0.25, -0.2) is 4.98 Å². The molecule has 284 valence electrons. The highest BCUT2D eigenvalue weighted by molar-refractivity contribution is 6.39. The van der Waals surface area contributed by atoms with Crippen LogP contribution in [0, 0.1) is 0 Å². The van der Waals surface area contributed by atoms with E-state index in [9.17, 15) is 14.4 Å². The number of amides is 3. The maximum Gasteiger partial charge on any atom is 0.291 e. The summed E-state index contributed by atoms with van der Waals surface area (Å²) in [4.78, 5) is 53.8. The molecule has 3 aliphatic heterocycles. The number of methoxy groups -OCH3 is 1. The van der Waals surface area contributed by atoms with Crippen LogP contribution in [0.5, 0.6) is 5.75 Å². The number of likely N-dealkylation sites (tertiary alicyclic amines) is 2. The van der Waals surface area contributed by atoms with E-state index in [-0.39, 0.29) is 23.7 Å². The van der Waals surface area contributed by atoms with Crippen LogP contribution in [0.25, 0.3) is 22.4 Å². The Kier molecular flexibility index (Phi) is 11.3. The number of nitrogens with zero attached hydrogens (tertiary/aromatic N) is 6. The first kappa shape index (κ1) is 37.8. The Morgan fingerprint density at radius 2 is 1.72 bits per heavy atom. The Bertz CT molecular complexity index is 2080. The second kappa shape index (κ2) is 16.1. The molecule has 2 saturated heterocycles. The summed E-state index contributed by atoms with van der Waals surface area (Å²) in [6, 6.07) is 13.4. The van der Waals surface area contributed by atoms with Gasteiger partial charge in [-0.05, 0) is 57.5 Å². The zero-order valence-electron chi connectivity index (χ0n) is 31.1. The van der Waals surface area contributed by atoms with Gasteiger partial charge in [0.15, 0.2) is 5.82 Å². The third kappa shape index (κ3) is 7.57. The van der Waals surface area contributed by atoms with Crippen molar-refractivity contribution in [2.45, 2.75) is 64.2 Å². The standard InChI is InChI=1S/C40H46Cl2N8O4/c1-24(51)49-18-13-27(14-19-49)44-22-26-11-10-25(21-34(26)54-4)37-36(42)29(12-16-43-37)28-7-5-8-30(35(28)41)46-39(52)38-45-31-23-50(20-15-32(31)48(38)3)40(53)33-9-6-17-47(33)2/h5,7-8,10-12,16,21,27,33,44H,6,9,13-15,17-20,22-23H2,1-4H3,(H,46,52)/t33-/m1/s1. The van der Waals surface area contributed by atoms with Gasteiger partial charge in [-0.2, -0.15) is 0 Å². The normalized spacial score (nSPS) is 17.8. The molecule has 14 heteroatoms. The lowest BCUT2D eigenvalue weighted by molar-refractivity contribution is -0.136. The monoisotopic (exact) mass is 772 g/mol.